The number of hydrogen-bond donors (Lipinski definition) is 2. The summed E-state index contributed by atoms with van der Waals surface area (Å²) >= 11 is 5.95. The molecule has 0 bridgehead atoms. The summed E-state index contributed by atoms with van der Waals surface area (Å²) in [5, 5.41) is 6.85. The maximum atomic E-state index is 12.4. The molecule has 3 rings (SSSR count). The van der Waals surface area contributed by atoms with Crippen LogP contribution in [0, 0.1) is 5.92 Å². The Labute approximate surface area is 142 Å². The van der Waals surface area contributed by atoms with Crippen LogP contribution < -0.4 is 10.6 Å². The maximum Gasteiger partial charge on any atom is 0.315 e. The highest BCUT2D eigenvalue weighted by Crippen LogP contribution is 2.41. The maximum absolute atomic E-state index is 12.4. The fraction of sp³-hybridized carbons (Fsp3) is 0.316. The highest BCUT2D eigenvalue weighted by Gasteiger charge is 2.33. The molecule has 1 aliphatic carbocycles. The van der Waals surface area contributed by atoms with Crippen molar-refractivity contribution in [2.75, 3.05) is 0 Å². The van der Waals surface area contributed by atoms with Gasteiger partial charge in [-0.15, -0.1) is 0 Å². The van der Waals surface area contributed by atoms with E-state index in [-0.39, 0.29) is 18.1 Å². The van der Waals surface area contributed by atoms with Crippen LogP contribution in [-0.4, -0.2) is 6.03 Å². The van der Waals surface area contributed by atoms with Gasteiger partial charge in [-0.25, -0.2) is 4.79 Å². The van der Waals surface area contributed by atoms with E-state index < -0.39 is 0 Å². The minimum Gasteiger partial charge on any atom is -0.332 e. The Bertz CT molecular complexity index is 653. The van der Waals surface area contributed by atoms with E-state index in [2.05, 4.69) is 10.6 Å². The van der Waals surface area contributed by atoms with Crippen molar-refractivity contribution < 1.29 is 4.79 Å². The van der Waals surface area contributed by atoms with Crippen molar-refractivity contribution in [2.24, 2.45) is 5.92 Å². The third-order valence-electron chi connectivity index (χ3n) is 4.26. The molecule has 2 N–H and O–H groups in total. The first-order chi connectivity index (χ1) is 11.1. The molecule has 0 aliphatic heterocycles. The van der Waals surface area contributed by atoms with Gasteiger partial charge < -0.3 is 10.6 Å². The molecular formula is C19H21ClN2O. The number of benzene rings is 2. The first kappa shape index (κ1) is 15.9. The van der Waals surface area contributed by atoms with Crippen LogP contribution in [0.4, 0.5) is 4.79 Å². The van der Waals surface area contributed by atoms with Gasteiger partial charge in [-0.1, -0.05) is 54.1 Å². The molecule has 3 nitrogen and oxygen atoms in total. The third-order valence-corrected chi connectivity index (χ3v) is 4.51. The van der Waals surface area contributed by atoms with Crippen LogP contribution in [0.1, 0.15) is 43.0 Å². The topological polar surface area (TPSA) is 41.1 Å². The molecule has 2 unspecified atom stereocenters. The Hall–Kier alpha value is -2.00. The molecule has 0 radical (unpaired) electrons. The monoisotopic (exact) mass is 328 g/mol. The van der Waals surface area contributed by atoms with Crippen molar-refractivity contribution in [3.05, 3.63) is 70.7 Å². The molecule has 1 fully saturated rings. The lowest BCUT2D eigenvalue weighted by atomic mass is 10.0. The van der Waals surface area contributed by atoms with Crippen molar-refractivity contribution in [1.82, 2.24) is 10.6 Å². The Kier molecular flexibility index (Phi) is 4.87. The molecule has 1 aliphatic rings. The van der Waals surface area contributed by atoms with Gasteiger partial charge in [0.1, 0.15) is 0 Å². The highest BCUT2D eigenvalue weighted by molar-refractivity contribution is 6.30. The second-order valence-electron chi connectivity index (χ2n) is 6.12. The quantitative estimate of drug-likeness (QED) is 0.809. The summed E-state index contributed by atoms with van der Waals surface area (Å²) in [4.78, 5) is 12.4. The summed E-state index contributed by atoms with van der Waals surface area (Å²) in [6.45, 7) is 1.99. The van der Waals surface area contributed by atoms with E-state index in [0.29, 0.717) is 10.9 Å². The number of halogens is 1. The van der Waals surface area contributed by atoms with E-state index in [0.717, 1.165) is 24.0 Å². The van der Waals surface area contributed by atoms with Crippen LogP contribution in [0.25, 0.3) is 0 Å². The summed E-state index contributed by atoms with van der Waals surface area (Å²) in [6, 6.07) is 17.6. The summed E-state index contributed by atoms with van der Waals surface area (Å²) in [5.41, 5.74) is 2.21. The van der Waals surface area contributed by atoms with Crippen LogP contribution >= 0.6 is 11.6 Å². The summed E-state index contributed by atoms with van der Waals surface area (Å²) in [5.74, 6) is 0.522. The lowest BCUT2D eigenvalue weighted by Crippen LogP contribution is -2.39. The molecule has 0 saturated heterocycles. The van der Waals surface area contributed by atoms with Crippen molar-refractivity contribution in [2.45, 2.75) is 31.8 Å². The molecule has 2 atom stereocenters. The van der Waals surface area contributed by atoms with Crippen LogP contribution in [0.5, 0.6) is 0 Å². The standard InChI is InChI=1S/C19H21ClN2O/c1-13(14-5-3-2-4-6-14)21-19(23)22-18(15-7-8-15)16-9-11-17(20)12-10-16/h2-6,9-13,15,18H,7-8H2,1H3,(H2,21,22,23). The second kappa shape index (κ2) is 7.05. The lowest BCUT2D eigenvalue weighted by Gasteiger charge is -2.21. The van der Waals surface area contributed by atoms with Crippen molar-refractivity contribution >= 4 is 17.6 Å². The average molecular weight is 329 g/mol. The van der Waals surface area contributed by atoms with Crippen LogP contribution in [-0.2, 0) is 0 Å². The smallest absolute Gasteiger partial charge is 0.315 e. The summed E-state index contributed by atoms with van der Waals surface area (Å²) in [7, 11) is 0. The van der Waals surface area contributed by atoms with Crippen molar-refractivity contribution in [1.29, 1.82) is 0 Å². The zero-order chi connectivity index (χ0) is 16.2. The number of amides is 2. The molecule has 23 heavy (non-hydrogen) atoms. The van der Waals surface area contributed by atoms with Crippen LogP contribution in [0.15, 0.2) is 54.6 Å². The Morgan fingerprint density at radius 3 is 2.26 bits per heavy atom. The molecule has 0 heterocycles. The lowest BCUT2D eigenvalue weighted by molar-refractivity contribution is 0.232. The third kappa shape index (κ3) is 4.26. The first-order valence-electron chi connectivity index (χ1n) is 8.01. The Morgan fingerprint density at radius 2 is 1.65 bits per heavy atom. The molecule has 1 saturated carbocycles. The van der Waals surface area contributed by atoms with E-state index in [4.69, 9.17) is 11.6 Å². The molecule has 0 spiro atoms. The molecule has 120 valence electrons. The molecule has 4 heteroatoms. The van der Waals surface area contributed by atoms with E-state index >= 15 is 0 Å². The highest BCUT2D eigenvalue weighted by atomic mass is 35.5. The van der Waals surface area contributed by atoms with Gasteiger partial charge in [-0.2, -0.15) is 0 Å². The predicted octanol–water partition coefficient (Wildman–Crippen LogP) is 4.85. The molecule has 2 aromatic rings. The molecule has 2 aromatic carbocycles. The zero-order valence-corrected chi connectivity index (χ0v) is 13.9. The van der Waals surface area contributed by atoms with E-state index in [1.54, 1.807) is 0 Å². The SMILES string of the molecule is CC(NC(=O)NC(c1ccc(Cl)cc1)C1CC1)c1ccccc1. The van der Waals surface area contributed by atoms with Gasteiger partial charge in [0.15, 0.2) is 0 Å². The van der Waals surface area contributed by atoms with Gasteiger partial charge in [0, 0.05) is 5.02 Å². The molecular weight excluding hydrogens is 308 g/mol. The first-order valence-corrected chi connectivity index (χ1v) is 8.39. The van der Waals surface area contributed by atoms with Gasteiger partial charge in [-0.3, -0.25) is 0 Å². The fourth-order valence-electron chi connectivity index (χ4n) is 2.78. The van der Waals surface area contributed by atoms with Crippen molar-refractivity contribution in [3.8, 4) is 0 Å². The van der Waals surface area contributed by atoms with Gasteiger partial charge in [0.2, 0.25) is 0 Å². The number of urea groups is 1. The largest absolute Gasteiger partial charge is 0.332 e. The number of nitrogens with one attached hydrogen (secondary N) is 2. The van der Waals surface area contributed by atoms with Crippen molar-refractivity contribution in [3.63, 3.8) is 0 Å². The van der Waals surface area contributed by atoms with Crippen LogP contribution in [0.2, 0.25) is 5.02 Å². The normalized spacial score (nSPS) is 16.4. The van der Waals surface area contributed by atoms with Gasteiger partial charge in [-0.05, 0) is 48.9 Å². The molecule has 0 aromatic heterocycles. The summed E-state index contributed by atoms with van der Waals surface area (Å²) < 4.78 is 0. The number of rotatable bonds is 5. The predicted molar refractivity (Wildman–Crippen MR) is 93.4 cm³/mol. The van der Waals surface area contributed by atoms with E-state index in [9.17, 15) is 4.79 Å². The van der Waals surface area contributed by atoms with Crippen LogP contribution in [0.3, 0.4) is 0 Å². The van der Waals surface area contributed by atoms with E-state index in [1.165, 1.54) is 0 Å². The minimum atomic E-state index is -0.131. The van der Waals surface area contributed by atoms with Gasteiger partial charge >= 0.3 is 6.03 Å². The average Bonchev–Trinajstić information content (AvgIpc) is 3.39. The number of hydrogen-bond acceptors (Lipinski definition) is 1. The summed E-state index contributed by atoms with van der Waals surface area (Å²) in [6.07, 6.45) is 2.31. The minimum absolute atomic E-state index is 0.0266. The Balaban J connectivity index is 1.64. The zero-order valence-electron chi connectivity index (χ0n) is 13.1. The number of carbonyl (C=O) groups is 1. The second-order valence-corrected chi connectivity index (χ2v) is 6.55. The fourth-order valence-corrected chi connectivity index (χ4v) is 2.90. The van der Waals surface area contributed by atoms with Gasteiger partial charge in [0.25, 0.3) is 0 Å². The Morgan fingerprint density at radius 1 is 1.00 bits per heavy atom. The molecule has 2 amide bonds. The van der Waals surface area contributed by atoms with Gasteiger partial charge in [0.05, 0.1) is 12.1 Å². The number of carbonyl (C=O) groups excluding carboxylic acids is 1. The van der Waals surface area contributed by atoms with E-state index in [1.807, 2.05) is 61.5 Å².